The number of nitrogens with zero attached hydrogens (tertiary/aromatic N) is 1. The number of para-hydroxylation sites is 1. The molecule has 0 spiro atoms. The number of benzene rings is 1. The van der Waals surface area contributed by atoms with Crippen molar-refractivity contribution in [2.24, 2.45) is 5.73 Å². The Morgan fingerprint density at radius 2 is 1.76 bits per heavy atom. The van der Waals surface area contributed by atoms with Crippen molar-refractivity contribution in [3.8, 4) is 0 Å². The van der Waals surface area contributed by atoms with Crippen LogP contribution in [0.5, 0.6) is 0 Å². The molecule has 0 unspecified atom stereocenters. The van der Waals surface area contributed by atoms with Crippen LogP contribution in [0, 0.1) is 20.8 Å². The zero-order valence-corrected chi connectivity index (χ0v) is 13.5. The molecule has 2 rings (SSSR count). The molecule has 0 saturated heterocycles. The van der Waals surface area contributed by atoms with Crippen molar-refractivity contribution in [3.63, 3.8) is 0 Å². The highest BCUT2D eigenvalue weighted by Gasteiger charge is 2.30. The maximum Gasteiger partial charge on any atom is 0.267 e. The van der Waals surface area contributed by atoms with E-state index >= 15 is 0 Å². The van der Waals surface area contributed by atoms with Crippen molar-refractivity contribution in [1.29, 1.82) is 0 Å². The second-order valence-electron chi connectivity index (χ2n) is 4.99. The van der Waals surface area contributed by atoms with E-state index in [4.69, 9.17) is 10.2 Å². The topological polar surface area (TPSA) is 76.5 Å². The molecule has 0 radical (unpaired) electrons. The second-order valence-corrected chi connectivity index (χ2v) is 6.89. The number of aryl methyl sites for hydroxylation is 3. The first-order valence-corrected chi connectivity index (χ1v) is 8.08. The molecular weight excluding hydrogens is 288 g/mol. The molecule has 0 aliphatic rings. The van der Waals surface area contributed by atoms with Crippen LogP contribution in [0.25, 0.3) is 0 Å². The average molecular weight is 308 g/mol. The normalized spacial score (nSPS) is 11.7. The lowest BCUT2D eigenvalue weighted by Crippen LogP contribution is -2.28. The average Bonchev–Trinajstić information content (AvgIpc) is 2.73. The van der Waals surface area contributed by atoms with Gasteiger partial charge in [-0.25, -0.2) is 8.42 Å². The second kappa shape index (κ2) is 5.54. The summed E-state index contributed by atoms with van der Waals surface area (Å²) in [6.45, 7) is 5.37. The standard InChI is InChI=1S/C15H20N2O3S/c1-10-7-5-6-8-14(10)17(4)21(18,19)15-12(3)20-11(2)13(15)9-16/h5-8H,9,16H2,1-4H3. The van der Waals surface area contributed by atoms with Crippen molar-refractivity contribution >= 4 is 15.7 Å². The maximum atomic E-state index is 12.9. The SMILES string of the molecule is Cc1ccccc1N(C)S(=O)(=O)c1c(C)oc(C)c1CN. The van der Waals surface area contributed by atoms with Gasteiger partial charge in [-0.05, 0) is 32.4 Å². The Kier molecular flexibility index (Phi) is 4.11. The molecule has 0 amide bonds. The van der Waals surface area contributed by atoms with Crippen LogP contribution in [0.2, 0.25) is 0 Å². The highest BCUT2D eigenvalue weighted by molar-refractivity contribution is 7.92. The van der Waals surface area contributed by atoms with Gasteiger partial charge in [-0.15, -0.1) is 0 Å². The van der Waals surface area contributed by atoms with E-state index in [9.17, 15) is 8.42 Å². The van der Waals surface area contributed by atoms with E-state index in [1.165, 1.54) is 4.31 Å². The summed E-state index contributed by atoms with van der Waals surface area (Å²) in [5.74, 6) is 0.917. The van der Waals surface area contributed by atoms with Crippen molar-refractivity contribution in [2.45, 2.75) is 32.2 Å². The number of anilines is 1. The van der Waals surface area contributed by atoms with Gasteiger partial charge in [0.2, 0.25) is 0 Å². The van der Waals surface area contributed by atoms with Gasteiger partial charge in [0, 0.05) is 19.2 Å². The molecule has 0 aliphatic carbocycles. The number of sulfonamides is 1. The van der Waals surface area contributed by atoms with Crippen molar-refractivity contribution < 1.29 is 12.8 Å². The highest BCUT2D eigenvalue weighted by atomic mass is 32.2. The molecular formula is C15H20N2O3S. The van der Waals surface area contributed by atoms with E-state index in [0.29, 0.717) is 22.8 Å². The Hall–Kier alpha value is -1.79. The van der Waals surface area contributed by atoms with Gasteiger partial charge in [0.1, 0.15) is 16.4 Å². The molecule has 21 heavy (non-hydrogen) atoms. The molecule has 2 aromatic rings. The minimum atomic E-state index is -3.71. The van der Waals surface area contributed by atoms with E-state index in [0.717, 1.165) is 5.56 Å². The smallest absolute Gasteiger partial charge is 0.267 e. The molecule has 0 saturated carbocycles. The van der Waals surface area contributed by atoms with Gasteiger partial charge in [-0.2, -0.15) is 0 Å². The Morgan fingerprint density at radius 3 is 2.33 bits per heavy atom. The molecule has 2 N–H and O–H groups in total. The van der Waals surface area contributed by atoms with Gasteiger partial charge in [0.25, 0.3) is 10.0 Å². The van der Waals surface area contributed by atoms with Gasteiger partial charge in [0.05, 0.1) is 5.69 Å². The largest absolute Gasteiger partial charge is 0.465 e. The van der Waals surface area contributed by atoms with E-state index in [1.807, 2.05) is 25.1 Å². The predicted molar refractivity (Wildman–Crippen MR) is 82.8 cm³/mol. The Labute approximate surface area is 125 Å². The van der Waals surface area contributed by atoms with Crippen molar-refractivity contribution in [2.75, 3.05) is 11.4 Å². The predicted octanol–water partition coefficient (Wildman–Crippen LogP) is 2.49. The van der Waals surface area contributed by atoms with Gasteiger partial charge in [0.15, 0.2) is 0 Å². The summed E-state index contributed by atoms with van der Waals surface area (Å²) in [6, 6.07) is 7.33. The summed E-state index contributed by atoms with van der Waals surface area (Å²) in [5.41, 5.74) is 7.75. The molecule has 0 bridgehead atoms. The van der Waals surface area contributed by atoms with E-state index in [1.54, 1.807) is 27.0 Å². The fraction of sp³-hybridized carbons (Fsp3) is 0.333. The summed E-state index contributed by atoms with van der Waals surface area (Å²) in [7, 11) is -2.17. The number of hydrogen-bond donors (Lipinski definition) is 1. The lowest BCUT2D eigenvalue weighted by atomic mass is 10.2. The number of hydrogen-bond acceptors (Lipinski definition) is 4. The van der Waals surface area contributed by atoms with Crippen LogP contribution in [-0.4, -0.2) is 15.5 Å². The monoisotopic (exact) mass is 308 g/mol. The van der Waals surface area contributed by atoms with Crippen LogP contribution in [0.1, 0.15) is 22.6 Å². The minimum absolute atomic E-state index is 0.124. The van der Waals surface area contributed by atoms with Crippen LogP contribution >= 0.6 is 0 Å². The third-order valence-corrected chi connectivity index (χ3v) is 5.57. The van der Waals surface area contributed by atoms with Gasteiger partial charge < -0.3 is 10.2 Å². The fourth-order valence-corrected chi connectivity index (χ4v) is 4.15. The van der Waals surface area contributed by atoms with Gasteiger partial charge in [-0.1, -0.05) is 18.2 Å². The minimum Gasteiger partial charge on any atom is -0.465 e. The third-order valence-electron chi connectivity index (χ3n) is 3.60. The lowest BCUT2D eigenvalue weighted by Gasteiger charge is -2.21. The first-order chi connectivity index (χ1) is 9.80. The molecule has 1 aromatic carbocycles. The zero-order chi connectivity index (χ0) is 15.8. The first-order valence-electron chi connectivity index (χ1n) is 6.64. The molecule has 0 aliphatic heterocycles. The molecule has 1 aromatic heterocycles. The lowest BCUT2D eigenvalue weighted by molar-refractivity contribution is 0.494. The van der Waals surface area contributed by atoms with Gasteiger partial charge in [-0.3, -0.25) is 4.31 Å². The Bertz CT molecular complexity index is 763. The molecule has 1 heterocycles. The van der Waals surface area contributed by atoms with Crippen molar-refractivity contribution in [3.05, 3.63) is 46.9 Å². The first kappa shape index (κ1) is 15.6. The number of rotatable bonds is 4. The summed E-state index contributed by atoms with van der Waals surface area (Å²) in [4.78, 5) is 0.174. The summed E-state index contributed by atoms with van der Waals surface area (Å²) in [5, 5.41) is 0. The number of furan rings is 1. The highest BCUT2D eigenvalue weighted by Crippen LogP contribution is 2.31. The van der Waals surface area contributed by atoms with E-state index in [-0.39, 0.29) is 11.4 Å². The van der Waals surface area contributed by atoms with Gasteiger partial charge >= 0.3 is 0 Å². The van der Waals surface area contributed by atoms with E-state index < -0.39 is 10.0 Å². The molecule has 5 nitrogen and oxygen atoms in total. The quantitative estimate of drug-likeness (QED) is 0.941. The van der Waals surface area contributed by atoms with Crippen LogP contribution < -0.4 is 10.0 Å². The summed E-state index contributed by atoms with van der Waals surface area (Å²) in [6.07, 6.45) is 0. The molecule has 0 fully saturated rings. The van der Waals surface area contributed by atoms with Crippen LogP contribution in [-0.2, 0) is 16.6 Å². The van der Waals surface area contributed by atoms with Crippen LogP contribution in [0.15, 0.2) is 33.6 Å². The third kappa shape index (κ3) is 2.56. The Morgan fingerprint density at radius 1 is 1.14 bits per heavy atom. The summed E-state index contributed by atoms with van der Waals surface area (Å²) >= 11 is 0. The molecule has 114 valence electrons. The van der Waals surface area contributed by atoms with Crippen molar-refractivity contribution in [1.82, 2.24) is 0 Å². The zero-order valence-electron chi connectivity index (χ0n) is 12.7. The molecule has 6 heteroatoms. The molecule has 0 atom stereocenters. The maximum absolute atomic E-state index is 12.9. The summed E-state index contributed by atoms with van der Waals surface area (Å²) < 4.78 is 32.5. The van der Waals surface area contributed by atoms with Crippen LogP contribution in [0.3, 0.4) is 0 Å². The van der Waals surface area contributed by atoms with E-state index in [2.05, 4.69) is 0 Å². The Balaban J connectivity index is 2.61. The van der Waals surface area contributed by atoms with Crippen LogP contribution in [0.4, 0.5) is 5.69 Å². The number of nitrogens with two attached hydrogens (primary N) is 1. The fourth-order valence-electron chi connectivity index (χ4n) is 2.47.